The van der Waals surface area contributed by atoms with E-state index in [0.29, 0.717) is 45.8 Å². The van der Waals surface area contributed by atoms with E-state index in [2.05, 4.69) is 5.32 Å². The molecule has 0 bridgehead atoms. The third kappa shape index (κ3) is 7.48. The Kier molecular flexibility index (Phi) is 9.22. The maximum atomic E-state index is 13.8. The molecule has 1 amide bonds. The van der Waals surface area contributed by atoms with Gasteiger partial charge in [-0.3, -0.25) is 9.59 Å². The number of aryl methyl sites for hydroxylation is 1. The lowest BCUT2D eigenvalue weighted by Crippen LogP contribution is -2.39. The average molecular weight is 549 g/mol. The van der Waals surface area contributed by atoms with Gasteiger partial charge in [0.25, 0.3) is 5.91 Å². The lowest BCUT2D eigenvalue weighted by molar-refractivity contribution is -0.113. The number of ether oxygens (including phenoxy) is 1. The summed E-state index contributed by atoms with van der Waals surface area (Å²) >= 11 is 0. The largest absolute Gasteiger partial charge is 0.492 e. The summed E-state index contributed by atoms with van der Waals surface area (Å²) in [6, 6.07) is 14.3. The number of Topliss-reactive ketones (excluding diaryl/α,β-unsaturated/α-hetero) is 1. The highest BCUT2D eigenvalue weighted by Crippen LogP contribution is 2.29. The van der Waals surface area contributed by atoms with Crippen molar-refractivity contribution in [2.75, 3.05) is 27.2 Å². The zero-order valence-corrected chi connectivity index (χ0v) is 22.6. The molecule has 0 saturated heterocycles. The van der Waals surface area contributed by atoms with Gasteiger partial charge >= 0.3 is 0 Å². The lowest BCUT2D eigenvalue weighted by Gasteiger charge is -2.27. The van der Waals surface area contributed by atoms with Crippen LogP contribution in [0, 0.1) is 24.4 Å². The number of carbonyl (C=O) groups is 2. The van der Waals surface area contributed by atoms with Crippen LogP contribution >= 0.6 is 0 Å². The number of nitrogens with zero attached hydrogens (tertiary/aromatic N) is 1. The van der Waals surface area contributed by atoms with Crippen LogP contribution in [0.5, 0.6) is 5.75 Å². The number of hydrogen-bond acceptors (Lipinski definition) is 4. The number of amides is 1. The second-order valence-electron chi connectivity index (χ2n) is 10.1. The maximum absolute atomic E-state index is 13.8. The van der Waals surface area contributed by atoms with E-state index in [1.54, 1.807) is 49.4 Å². The van der Waals surface area contributed by atoms with Crippen molar-refractivity contribution < 1.29 is 27.5 Å². The second kappa shape index (κ2) is 12.8. The molecule has 0 aromatic heterocycles. The molecule has 1 aliphatic carbocycles. The van der Waals surface area contributed by atoms with Crippen LogP contribution in [0.25, 0.3) is 12.2 Å². The second-order valence-corrected chi connectivity index (χ2v) is 10.1. The van der Waals surface area contributed by atoms with Gasteiger partial charge < -0.3 is 15.0 Å². The molecular weight excluding hydrogens is 517 g/mol. The van der Waals surface area contributed by atoms with Crippen LogP contribution in [0.2, 0.25) is 0 Å². The molecule has 1 atom stereocenters. The van der Waals surface area contributed by atoms with Crippen molar-refractivity contribution >= 4 is 23.8 Å². The summed E-state index contributed by atoms with van der Waals surface area (Å²) in [5.41, 5.74) is 2.61. The van der Waals surface area contributed by atoms with Gasteiger partial charge in [0.2, 0.25) is 0 Å². The van der Waals surface area contributed by atoms with Crippen molar-refractivity contribution in [1.82, 2.24) is 10.2 Å². The van der Waals surface area contributed by atoms with E-state index in [0.717, 1.165) is 18.7 Å². The summed E-state index contributed by atoms with van der Waals surface area (Å²) in [4.78, 5) is 28.5. The fourth-order valence-electron chi connectivity index (χ4n) is 4.43. The van der Waals surface area contributed by atoms with Crippen LogP contribution in [0.15, 0.2) is 71.8 Å². The van der Waals surface area contributed by atoms with Crippen molar-refractivity contribution in [3.8, 4) is 5.75 Å². The Labute approximate surface area is 232 Å². The van der Waals surface area contributed by atoms with Crippen molar-refractivity contribution in [2.24, 2.45) is 0 Å². The lowest BCUT2D eigenvalue weighted by atomic mass is 9.83. The maximum Gasteiger partial charge on any atom is 0.251 e. The first kappa shape index (κ1) is 28.8. The number of likely N-dealkylation sites (N-methyl/N-ethyl adjacent to an activating group) is 1. The Hall–Kier alpha value is -4.17. The van der Waals surface area contributed by atoms with Crippen molar-refractivity contribution in [3.05, 3.63) is 112 Å². The molecule has 1 aliphatic rings. The summed E-state index contributed by atoms with van der Waals surface area (Å²) in [7, 11) is 3.91. The normalized spacial score (nSPS) is 17.5. The van der Waals surface area contributed by atoms with Crippen molar-refractivity contribution in [1.29, 1.82) is 0 Å². The van der Waals surface area contributed by atoms with E-state index in [1.807, 2.05) is 19.0 Å². The summed E-state index contributed by atoms with van der Waals surface area (Å²) in [6.07, 6.45) is 3.63. The Morgan fingerprint density at radius 2 is 1.50 bits per heavy atom. The van der Waals surface area contributed by atoms with Crippen LogP contribution in [-0.2, 0) is 4.79 Å². The zero-order valence-electron chi connectivity index (χ0n) is 22.6. The van der Waals surface area contributed by atoms with Gasteiger partial charge in [0, 0.05) is 29.3 Å². The molecule has 1 N–H and O–H groups in total. The van der Waals surface area contributed by atoms with Gasteiger partial charge in [-0.15, -0.1) is 0 Å². The molecule has 0 aliphatic heterocycles. The highest BCUT2D eigenvalue weighted by Gasteiger charge is 2.29. The molecule has 3 aromatic carbocycles. The summed E-state index contributed by atoms with van der Waals surface area (Å²) in [5, 5.41) is 2.99. The molecule has 8 heteroatoms. The highest BCUT2D eigenvalue weighted by atomic mass is 19.2. The van der Waals surface area contributed by atoms with Crippen LogP contribution in [0.4, 0.5) is 13.2 Å². The summed E-state index contributed by atoms with van der Waals surface area (Å²) in [6.45, 7) is 2.91. The Morgan fingerprint density at radius 3 is 2.08 bits per heavy atom. The van der Waals surface area contributed by atoms with Crippen LogP contribution in [0.1, 0.15) is 39.9 Å². The van der Waals surface area contributed by atoms with Gasteiger partial charge in [-0.25, -0.2) is 13.2 Å². The molecule has 0 heterocycles. The van der Waals surface area contributed by atoms with Crippen molar-refractivity contribution in [2.45, 2.75) is 25.8 Å². The van der Waals surface area contributed by atoms with Crippen LogP contribution in [0.3, 0.4) is 0 Å². The van der Waals surface area contributed by atoms with E-state index < -0.39 is 17.7 Å². The molecule has 3 aromatic rings. The standard InChI is InChI=1S/C32H31F3N2O3/c1-20-14-21(4-10-28(20)33)15-24-18-26(19-25(31(24)38)16-22-5-11-29(34)30(35)17-22)36-32(39)23-6-8-27(9-7-23)40-13-12-37(2)3/h4-11,14-17,26H,12-13,18-19H2,1-3H3,(H,36,39)/b24-15+,25-16+. The Morgan fingerprint density at radius 1 is 0.900 bits per heavy atom. The quantitative estimate of drug-likeness (QED) is 0.352. The number of ketones is 1. The van der Waals surface area contributed by atoms with E-state index in [-0.39, 0.29) is 30.3 Å². The monoisotopic (exact) mass is 548 g/mol. The summed E-state index contributed by atoms with van der Waals surface area (Å²) < 4.78 is 46.8. The topological polar surface area (TPSA) is 58.6 Å². The fourth-order valence-corrected chi connectivity index (χ4v) is 4.43. The Balaban J connectivity index is 1.57. The minimum Gasteiger partial charge on any atom is -0.492 e. The van der Waals surface area contributed by atoms with E-state index in [4.69, 9.17) is 4.74 Å². The van der Waals surface area contributed by atoms with Gasteiger partial charge in [0.05, 0.1) is 0 Å². The Bertz CT molecular complexity index is 1390. The minimum atomic E-state index is -1.02. The first-order valence-corrected chi connectivity index (χ1v) is 12.9. The molecular formula is C32H31F3N2O3. The van der Waals surface area contributed by atoms with E-state index in [9.17, 15) is 22.8 Å². The third-order valence-electron chi connectivity index (χ3n) is 6.58. The average Bonchev–Trinajstić information content (AvgIpc) is 2.91. The molecule has 208 valence electrons. The predicted octanol–water partition coefficient (Wildman–Crippen LogP) is 5.98. The molecule has 0 spiro atoms. The van der Waals surface area contributed by atoms with E-state index in [1.165, 1.54) is 18.2 Å². The fraction of sp³-hybridized carbons (Fsp3) is 0.250. The highest BCUT2D eigenvalue weighted by molar-refractivity contribution is 6.14. The number of halogens is 3. The molecule has 1 saturated carbocycles. The van der Waals surface area contributed by atoms with Gasteiger partial charge in [-0.05, 0) is 111 Å². The van der Waals surface area contributed by atoms with Gasteiger partial charge in [-0.1, -0.05) is 12.1 Å². The number of rotatable bonds is 8. The van der Waals surface area contributed by atoms with Crippen molar-refractivity contribution in [3.63, 3.8) is 0 Å². The van der Waals surface area contributed by atoms with Gasteiger partial charge in [0.1, 0.15) is 18.2 Å². The van der Waals surface area contributed by atoms with Crippen LogP contribution < -0.4 is 10.1 Å². The SMILES string of the molecule is Cc1cc(/C=C2\CC(NC(=O)c3ccc(OCCN(C)C)cc3)C/C(=C\c3ccc(F)c(F)c3)C2=O)ccc1F. The first-order valence-electron chi connectivity index (χ1n) is 12.9. The molecule has 40 heavy (non-hydrogen) atoms. The molecule has 1 fully saturated rings. The first-order chi connectivity index (χ1) is 19.1. The molecule has 0 radical (unpaired) electrons. The minimum absolute atomic E-state index is 0.203. The summed E-state index contributed by atoms with van der Waals surface area (Å²) in [5.74, 6) is -2.29. The number of nitrogens with one attached hydrogen (secondary N) is 1. The van der Waals surface area contributed by atoms with Crippen LogP contribution in [-0.4, -0.2) is 49.9 Å². The predicted molar refractivity (Wildman–Crippen MR) is 149 cm³/mol. The molecule has 1 unspecified atom stereocenters. The molecule has 4 rings (SSSR count). The number of carbonyl (C=O) groups excluding carboxylic acids is 2. The number of hydrogen-bond donors (Lipinski definition) is 1. The van der Waals surface area contributed by atoms with E-state index >= 15 is 0 Å². The smallest absolute Gasteiger partial charge is 0.251 e. The third-order valence-corrected chi connectivity index (χ3v) is 6.58. The number of benzene rings is 3. The van der Waals surface area contributed by atoms with Gasteiger partial charge in [0.15, 0.2) is 17.4 Å². The van der Waals surface area contributed by atoms with Gasteiger partial charge in [-0.2, -0.15) is 0 Å². The molecule has 5 nitrogen and oxygen atoms in total. The zero-order chi connectivity index (χ0) is 28.8.